The number of carbonyl (C=O) groups is 1. The Labute approximate surface area is 96.9 Å². The van der Waals surface area contributed by atoms with Crippen LogP contribution in [-0.2, 0) is 9.47 Å². The highest BCUT2D eigenvalue weighted by Gasteiger charge is 2.43. The van der Waals surface area contributed by atoms with Gasteiger partial charge in [-0.3, -0.25) is 0 Å². The second kappa shape index (κ2) is 3.23. The first-order valence-corrected chi connectivity index (χ1v) is 5.66. The minimum Gasteiger partial charge on any atom is -0.427 e. The summed E-state index contributed by atoms with van der Waals surface area (Å²) in [4.78, 5) is 11.3. The Bertz CT molecular complexity index is 464. The zero-order valence-corrected chi connectivity index (χ0v) is 9.36. The van der Waals surface area contributed by atoms with E-state index in [0.717, 1.165) is 5.56 Å². The van der Waals surface area contributed by atoms with Crippen LogP contribution in [0.25, 0.3) is 0 Å². The number of hydrogen-bond acceptors (Lipinski definition) is 3. The molecule has 1 fully saturated rings. The Morgan fingerprint density at radius 2 is 2.07 bits per heavy atom. The highest BCUT2D eigenvalue weighted by Crippen LogP contribution is 2.46. The maximum absolute atomic E-state index is 11.2. The Kier molecular flexibility index (Phi) is 1.76. The van der Waals surface area contributed by atoms with Crippen LogP contribution in [0.2, 0.25) is 0 Å². The number of hydrogen-bond donors (Lipinski definition) is 0. The van der Waals surface area contributed by atoms with Crippen LogP contribution in [0.3, 0.4) is 0 Å². The summed E-state index contributed by atoms with van der Waals surface area (Å²) in [7, 11) is 0. The zero-order chi connectivity index (χ0) is 11.3. The average Bonchev–Trinajstić information content (AvgIpc) is 2.55. The minimum absolute atomic E-state index is 0.0988. The third kappa shape index (κ3) is 1.35. The van der Waals surface area contributed by atoms with E-state index in [1.54, 1.807) is 0 Å². The standard InChI is InChI=1S/C11H9BrO3/c12-8-5-9-10(15-11(13)14-9)7-4-2-1-3-6(7)8/h1-4,8-10H,5H2/t8?,9-,10+/m0/s1/i10D. The van der Waals surface area contributed by atoms with Crippen molar-refractivity contribution in [2.75, 3.05) is 0 Å². The predicted octanol–water partition coefficient (Wildman–Crippen LogP) is 3.10. The maximum Gasteiger partial charge on any atom is 0.509 e. The van der Waals surface area contributed by atoms with E-state index in [9.17, 15) is 4.79 Å². The van der Waals surface area contributed by atoms with E-state index in [0.29, 0.717) is 12.0 Å². The number of carbonyl (C=O) groups excluding carboxylic acids is 1. The summed E-state index contributed by atoms with van der Waals surface area (Å²) in [5.74, 6) is 0. The Hall–Kier alpha value is -1.03. The monoisotopic (exact) mass is 269 g/mol. The number of alkyl halides is 1. The molecule has 1 saturated heterocycles. The fourth-order valence-corrected chi connectivity index (χ4v) is 2.78. The van der Waals surface area contributed by atoms with Crippen LogP contribution in [0.5, 0.6) is 0 Å². The minimum atomic E-state index is -1.38. The molecule has 0 saturated carbocycles. The van der Waals surface area contributed by atoms with Crippen LogP contribution in [0.1, 0.15) is 29.8 Å². The van der Waals surface area contributed by atoms with Gasteiger partial charge in [-0.05, 0) is 5.56 Å². The van der Waals surface area contributed by atoms with E-state index in [1.807, 2.05) is 24.3 Å². The van der Waals surface area contributed by atoms with Gasteiger partial charge in [0, 0.05) is 16.8 Å². The van der Waals surface area contributed by atoms with Crippen molar-refractivity contribution in [2.24, 2.45) is 0 Å². The van der Waals surface area contributed by atoms with Gasteiger partial charge in [0.2, 0.25) is 0 Å². The molecule has 1 aromatic rings. The van der Waals surface area contributed by atoms with Crippen molar-refractivity contribution in [1.29, 1.82) is 0 Å². The fraction of sp³-hybridized carbons (Fsp3) is 0.364. The highest BCUT2D eigenvalue weighted by molar-refractivity contribution is 9.09. The summed E-state index contributed by atoms with van der Waals surface area (Å²) in [6, 6.07) is 7.50. The lowest BCUT2D eigenvalue weighted by atomic mass is 9.87. The van der Waals surface area contributed by atoms with Gasteiger partial charge in [0.25, 0.3) is 0 Å². The van der Waals surface area contributed by atoms with Gasteiger partial charge in [-0.15, -0.1) is 0 Å². The van der Waals surface area contributed by atoms with Gasteiger partial charge in [0.1, 0.15) is 6.10 Å². The Balaban J connectivity index is 2.17. The molecular weight excluding hydrogens is 260 g/mol. The highest BCUT2D eigenvalue weighted by atomic mass is 79.9. The summed E-state index contributed by atoms with van der Waals surface area (Å²) in [5.41, 5.74) is 1.70. The third-order valence-corrected chi connectivity index (χ3v) is 3.58. The van der Waals surface area contributed by atoms with E-state index < -0.39 is 18.3 Å². The maximum atomic E-state index is 11.2. The molecule has 15 heavy (non-hydrogen) atoms. The fourth-order valence-electron chi connectivity index (χ4n) is 2.04. The average molecular weight is 270 g/mol. The first-order chi connectivity index (χ1) is 7.61. The van der Waals surface area contributed by atoms with Gasteiger partial charge in [-0.1, -0.05) is 40.2 Å². The van der Waals surface area contributed by atoms with Crippen LogP contribution in [0, 0.1) is 0 Å². The summed E-state index contributed by atoms with van der Waals surface area (Å²) in [6.45, 7) is 0. The molecule has 3 nitrogen and oxygen atoms in total. The van der Waals surface area contributed by atoms with Gasteiger partial charge in [-0.25, -0.2) is 4.79 Å². The lowest BCUT2D eigenvalue weighted by Crippen LogP contribution is -2.23. The predicted molar refractivity (Wildman–Crippen MR) is 56.8 cm³/mol. The van der Waals surface area contributed by atoms with Gasteiger partial charge in [0.15, 0.2) is 6.08 Å². The lowest BCUT2D eigenvalue weighted by molar-refractivity contribution is 0.115. The first-order valence-electron chi connectivity index (χ1n) is 5.24. The van der Waals surface area contributed by atoms with Crippen molar-refractivity contribution in [3.05, 3.63) is 35.4 Å². The molecule has 1 aliphatic carbocycles. The molecule has 3 rings (SSSR count). The molecule has 0 radical (unpaired) electrons. The molecule has 4 heteroatoms. The number of rotatable bonds is 0. The molecule has 3 atom stereocenters. The zero-order valence-electron chi connectivity index (χ0n) is 8.77. The Morgan fingerprint density at radius 3 is 2.87 bits per heavy atom. The number of benzene rings is 1. The van der Waals surface area contributed by atoms with Crippen molar-refractivity contribution >= 4 is 22.1 Å². The normalized spacial score (nSPS) is 38.5. The van der Waals surface area contributed by atoms with E-state index in [1.165, 1.54) is 0 Å². The number of fused-ring (bicyclic) bond motifs is 3. The molecule has 1 unspecified atom stereocenters. The summed E-state index contributed by atoms with van der Waals surface area (Å²) < 4.78 is 18.3. The number of halogens is 1. The molecule has 1 aliphatic heterocycles. The van der Waals surface area contributed by atoms with E-state index in [4.69, 9.17) is 10.8 Å². The van der Waals surface area contributed by atoms with Crippen LogP contribution < -0.4 is 0 Å². The third-order valence-electron chi connectivity index (χ3n) is 2.71. The van der Waals surface area contributed by atoms with Gasteiger partial charge >= 0.3 is 6.16 Å². The van der Waals surface area contributed by atoms with Gasteiger partial charge in [0.05, 0.1) is 1.37 Å². The molecule has 78 valence electrons. The molecule has 0 aromatic heterocycles. The molecule has 0 spiro atoms. The molecule has 1 aromatic carbocycles. The Morgan fingerprint density at radius 1 is 1.33 bits per heavy atom. The van der Waals surface area contributed by atoms with Crippen LogP contribution in [-0.4, -0.2) is 12.3 Å². The van der Waals surface area contributed by atoms with Crippen molar-refractivity contribution in [2.45, 2.75) is 23.4 Å². The smallest absolute Gasteiger partial charge is 0.427 e. The van der Waals surface area contributed by atoms with E-state index >= 15 is 0 Å². The van der Waals surface area contributed by atoms with Crippen molar-refractivity contribution in [3.63, 3.8) is 0 Å². The van der Waals surface area contributed by atoms with Crippen molar-refractivity contribution in [3.8, 4) is 0 Å². The number of ether oxygens (including phenoxy) is 2. The lowest BCUT2D eigenvalue weighted by Gasteiger charge is -2.27. The topological polar surface area (TPSA) is 35.5 Å². The SMILES string of the molecule is [2H][C@]12OC(=O)O[C@H]1CC(Br)c1ccccc12. The van der Waals surface area contributed by atoms with Crippen LogP contribution in [0.15, 0.2) is 24.3 Å². The van der Waals surface area contributed by atoms with Crippen molar-refractivity contribution in [1.82, 2.24) is 0 Å². The van der Waals surface area contributed by atoms with Crippen molar-refractivity contribution < 1.29 is 15.6 Å². The van der Waals surface area contributed by atoms with E-state index in [2.05, 4.69) is 15.9 Å². The molecular formula is C11H9BrO3. The second-order valence-corrected chi connectivity index (χ2v) is 4.72. The van der Waals surface area contributed by atoms with Gasteiger partial charge in [-0.2, -0.15) is 0 Å². The van der Waals surface area contributed by atoms with Gasteiger partial charge < -0.3 is 9.47 Å². The second-order valence-electron chi connectivity index (χ2n) is 3.61. The van der Waals surface area contributed by atoms with Crippen LogP contribution in [0.4, 0.5) is 4.79 Å². The molecule has 2 aliphatic rings. The molecule has 0 bridgehead atoms. The molecule has 1 heterocycles. The van der Waals surface area contributed by atoms with Crippen LogP contribution >= 0.6 is 15.9 Å². The summed E-state index contributed by atoms with van der Waals surface area (Å²) in [5, 5.41) is 0. The largest absolute Gasteiger partial charge is 0.509 e. The molecule has 0 amide bonds. The first kappa shape index (κ1) is 8.16. The summed E-state index contributed by atoms with van der Waals surface area (Å²) in [6.07, 6.45) is -2.10. The quantitative estimate of drug-likeness (QED) is 0.536. The van der Waals surface area contributed by atoms with E-state index in [-0.39, 0.29) is 4.83 Å². The summed E-state index contributed by atoms with van der Waals surface area (Å²) >= 11 is 3.54. The molecule has 0 N–H and O–H groups in total.